The summed E-state index contributed by atoms with van der Waals surface area (Å²) in [7, 11) is 1.76. The number of nitrogens with zero attached hydrogens (tertiary/aromatic N) is 2. The Balaban J connectivity index is 2.12. The minimum absolute atomic E-state index is 0.0639. The molecule has 0 unspecified atom stereocenters. The third kappa shape index (κ3) is 4.98. The molecule has 1 aromatic heterocycles. The van der Waals surface area contributed by atoms with Crippen LogP contribution in [0.1, 0.15) is 28.7 Å². The van der Waals surface area contributed by atoms with Crippen molar-refractivity contribution < 1.29 is 22.7 Å². The van der Waals surface area contributed by atoms with Crippen molar-refractivity contribution in [3.63, 3.8) is 0 Å². The number of rotatable bonds is 6. The molecule has 1 aromatic carbocycles. The number of aromatic nitrogens is 2. The van der Waals surface area contributed by atoms with E-state index in [1.165, 1.54) is 18.2 Å². The van der Waals surface area contributed by atoms with Crippen LogP contribution >= 0.6 is 0 Å². The Kier molecular flexibility index (Phi) is 5.86. The summed E-state index contributed by atoms with van der Waals surface area (Å²) < 4.78 is 42.9. The van der Waals surface area contributed by atoms with E-state index in [0.29, 0.717) is 5.69 Å². The van der Waals surface area contributed by atoms with Crippen molar-refractivity contribution in [1.29, 1.82) is 0 Å². The number of aryl methyl sites for hydroxylation is 1. The van der Waals surface area contributed by atoms with Gasteiger partial charge in [-0.05, 0) is 30.7 Å². The van der Waals surface area contributed by atoms with Crippen LogP contribution in [-0.2, 0) is 13.6 Å². The summed E-state index contributed by atoms with van der Waals surface area (Å²) in [4.78, 5) is 12.2. The van der Waals surface area contributed by atoms with Gasteiger partial charge in [0.15, 0.2) is 0 Å². The van der Waals surface area contributed by atoms with E-state index in [-0.39, 0.29) is 12.1 Å². The van der Waals surface area contributed by atoms with Gasteiger partial charge in [0.05, 0.1) is 23.5 Å². The molecule has 0 saturated heterocycles. The fraction of sp³-hybridized carbons (Fsp3) is 0.222. The smallest absolute Gasteiger partial charge is 0.405 e. The molecule has 0 atom stereocenters. The second-order valence-corrected chi connectivity index (χ2v) is 5.46. The third-order valence-corrected chi connectivity index (χ3v) is 3.49. The number of hydrogen-bond acceptors (Lipinski definition) is 3. The van der Waals surface area contributed by atoms with Crippen molar-refractivity contribution >= 4 is 11.5 Å². The molecule has 2 rings (SSSR count). The number of amides is 1. The SMILES string of the molecule is C=C/C=C(\C)c1cc(CNC(=O)c2ccccc2OC(F)(F)F)nn1C. The molecule has 2 aromatic rings. The first kappa shape index (κ1) is 19.3. The minimum Gasteiger partial charge on any atom is -0.405 e. The second-order valence-electron chi connectivity index (χ2n) is 5.46. The standard InChI is InChI=1S/C18H18F3N3O2/c1-4-7-12(2)15-10-13(23-24(15)3)11-22-17(25)14-8-5-6-9-16(14)26-18(19,20)21/h4-10H,1,11H2,2-3H3,(H,22,25)/b12-7+. The quantitative estimate of drug-likeness (QED) is 0.792. The van der Waals surface area contributed by atoms with Crippen LogP contribution in [0.3, 0.4) is 0 Å². The van der Waals surface area contributed by atoms with Gasteiger partial charge in [-0.2, -0.15) is 5.10 Å². The highest BCUT2D eigenvalue weighted by atomic mass is 19.4. The molecule has 0 fully saturated rings. The lowest BCUT2D eigenvalue weighted by Crippen LogP contribution is -2.25. The van der Waals surface area contributed by atoms with E-state index in [4.69, 9.17) is 0 Å². The highest BCUT2D eigenvalue weighted by molar-refractivity contribution is 5.96. The topological polar surface area (TPSA) is 56.1 Å². The molecular formula is C18H18F3N3O2. The van der Waals surface area contributed by atoms with Crippen LogP contribution in [0.15, 0.2) is 49.1 Å². The maximum atomic E-state index is 12.4. The molecule has 26 heavy (non-hydrogen) atoms. The Morgan fingerprint density at radius 2 is 2.08 bits per heavy atom. The molecule has 0 radical (unpaired) electrons. The summed E-state index contributed by atoms with van der Waals surface area (Å²) in [6, 6.07) is 6.95. The van der Waals surface area contributed by atoms with E-state index in [1.54, 1.807) is 23.9 Å². The van der Waals surface area contributed by atoms with Crippen molar-refractivity contribution in [2.24, 2.45) is 7.05 Å². The Hall–Kier alpha value is -3.03. The molecular weight excluding hydrogens is 347 g/mol. The molecule has 8 heteroatoms. The second kappa shape index (κ2) is 7.90. The number of carbonyl (C=O) groups is 1. The predicted octanol–water partition coefficient (Wildman–Crippen LogP) is 3.84. The van der Waals surface area contributed by atoms with Gasteiger partial charge in [0.1, 0.15) is 5.75 Å². The van der Waals surface area contributed by atoms with Gasteiger partial charge in [-0.1, -0.05) is 30.9 Å². The fourth-order valence-corrected chi connectivity index (χ4v) is 2.38. The molecule has 5 nitrogen and oxygen atoms in total. The summed E-state index contributed by atoms with van der Waals surface area (Å²) in [5, 5.41) is 6.83. The summed E-state index contributed by atoms with van der Waals surface area (Å²) in [5.74, 6) is -1.24. The summed E-state index contributed by atoms with van der Waals surface area (Å²) >= 11 is 0. The molecule has 1 N–H and O–H groups in total. The van der Waals surface area contributed by atoms with Crippen molar-refractivity contribution in [3.8, 4) is 5.75 Å². The molecule has 0 bridgehead atoms. The molecule has 0 saturated carbocycles. The van der Waals surface area contributed by atoms with Gasteiger partial charge < -0.3 is 10.1 Å². The maximum Gasteiger partial charge on any atom is 0.573 e. The van der Waals surface area contributed by atoms with E-state index in [2.05, 4.69) is 21.7 Å². The molecule has 0 aliphatic heterocycles. The van der Waals surface area contributed by atoms with Gasteiger partial charge in [-0.15, -0.1) is 13.2 Å². The van der Waals surface area contributed by atoms with Crippen LogP contribution in [0, 0.1) is 0 Å². The first-order valence-corrected chi connectivity index (χ1v) is 7.67. The van der Waals surface area contributed by atoms with Crippen LogP contribution in [0.4, 0.5) is 13.2 Å². The Morgan fingerprint density at radius 1 is 1.38 bits per heavy atom. The highest BCUT2D eigenvalue weighted by Crippen LogP contribution is 2.26. The van der Waals surface area contributed by atoms with Gasteiger partial charge in [0.2, 0.25) is 0 Å². The predicted molar refractivity (Wildman–Crippen MR) is 91.4 cm³/mol. The monoisotopic (exact) mass is 365 g/mol. The van der Waals surface area contributed by atoms with Crippen LogP contribution in [0.25, 0.3) is 5.57 Å². The Morgan fingerprint density at radius 3 is 2.73 bits per heavy atom. The van der Waals surface area contributed by atoms with Crippen LogP contribution < -0.4 is 10.1 Å². The number of hydrogen-bond donors (Lipinski definition) is 1. The number of ether oxygens (including phenoxy) is 1. The Labute approximate surface area is 148 Å². The van der Waals surface area contributed by atoms with Gasteiger partial charge in [-0.3, -0.25) is 9.48 Å². The van der Waals surface area contributed by atoms with Gasteiger partial charge in [-0.25, -0.2) is 0 Å². The molecule has 1 amide bonds. The molecule has 1 heterocycles. The van der Waals surface area contributed by atoms with Crippen molar-refractivity contribution in [1.82, 2.24) is 15.1 Å². The maximum absolute atomic E-state index is 12.4. The van der Waals surface area contributed by atoms with E-state index < -0.39 is 18.0 Å². The van der Waals surface area contributed by atoms with Crippen LogP contribution in [0.2, 0.25) is 0 Å². The number of para-hydroxylation sites is 1. The number of nitrogens with one attached hydrogen (secondary N) is 1. The van der Waals surface area contributed by atoms with Crippen molar-refractivity contribution in [3.05, 3.63) is 66.0 Å². The average Bonchev–Trinajstić information content (AvgIpc) is 2.93. The van der Waals surface area contributed by atoms with E-state index in [1.807, 2.05) is 13.0 Å². The van der Waals surface area contributed by atoms with Gasteiger partial charge in [0, 0.05) is 7.05 Å². The number of alkyl halides is 3. The highest BCUT2D eigenvalue weighted by Gasteiger charge is 2.32. The lowest BCUT2D eigenvalue weighted by molar-refractivity contribution is -0.274. The number of allylic oxidation sites excluding steroid dienone is 3. The van der Waals surface area contributed by atoms with Crippen molar-refractivity contribution in [2.45, 2.75) is 19.8 Å². The van der Waals surface area contributed by atoms with E-state index in [0.717, 1.165) is 17.3 Å². The summed E-state index contributed by atoms with van der Waals surface area (Å²) in [6.07, 6.45) is -1.40. The zero-order valence-electron chi connectivity index (χ0n) is 14.3. The van der Waals surface area contributed by atoms with Crippen LogP contribution in [0.5, 0.6) is 5.75 Å². The average molecular weight is 365 g/mol. The Bertz CT molecular complexity index is 838. The summed E-state index contributed by atoms with van der Waals surface area (Å²) in [5.41, 5.74) is 2.15. The molecule has 0 aliphatic rings. The van der Waals surface area contributed by atoms with Crippen LogP contribution in [-0.4, -0.2) is 22.1 Å². The van der Waals surface area contributed by atoms with Gasteiger partial charge in [0.25, 0.3) is 5.91 Å². The zero-order valence-corrected chi connectivity index (χ0v) is 14.3. The molecule has 138 valence electrons. The largest absolute Gasteiger partial charge is 0.573 e. The van der Waals surface area contributed by atoms with Gasteiger partial charge >= 0.3 is 6.36 Å². The van der Waals surface area contributed by atoms with E-state index >= 15 is 0 Å². The lowest BCUT2D eigenvalue weighted by Gasteiger charge is -2.12. The lowest BCUT2D eigenvalue weighted by atomic mass is 10.1. The molecule has 0 spiro atoms. The summed E-state index contributed by atoms with van der Waals surface area (Å²) in [6.45, 7) is 5.59. The molecule has 0 aliphatic carbocycles. The van der Waals surface area contributed by atoms with E-state index in [9.17, 15) is 18.0 Å². The van der Waals surface area contributed by atoms with Crippen molar-refractivity contribution in [2.75, 3.05) is 0 Å². The number of halogens is 3. The number of carbonyl (C=O) groups excluding carboxylic acids is 1. The third-order valence-electron chi connectivity index (χ3n) is 3.49. The zero-order chi connectivity index (χ0) is 19.3. The normalized spacial score (nSPS) is 12.0. The minimum atomic E-state index is -4.87. The first-order valence-electron chi connectivity index (χ1n) is 7.67. The first-order chi connectivity index (χ1) is 12.2. The number of benzene rings is 1. The fourth-order valence-electron chi connectivity index (χ4n) is 2.38.